The van der Waals surface area contributed by atoms with Gasteiger partial charge in [0.05, 0.1) is 29.1 Å². The Morgan fingerprint density at radius 1 is 1.30 bits per heavy atom. The molecule has 0 amide bonds. The highest BCUT2D eigenvalue weighted by Gasteiger charge is 2.15. The van der Waals surface area contributed by atoms with Crippen molar-refractivity contribution in [3.8, 4) is 0 Å². The summed E-state index contributed by atoms with van der Waals surface area (Å²) in [5.74, 6) is 1.24. The highest BCUT2D eigenvalue weighted by Crippen LogP contribution is 2.19. The highest BCUT2D eigenvalue weighted by molar-refractivity contribution is 6.20. The number of rotatable bonds is 3. The van der Waals surface area contributed by atoms with Crippen molar-refractivity contribution in [2.45, 2.75) is 18.8 Å². The first-order valence-corrected chi connectivity index (χ1v) is 6.76. The molecule has 4 nitrogen and oxygen atoms in total. The molecule has 0 aliphatic rings. The van der Waals surface area contributed by atoms with Gasteiger partial charge in [0.1, 0.15) is 11.6 Å². The van der Waals surface area contributed by atoms with Gasteiger partial charge < -0.3 is 4.42 Å². The second-order valence-electron chi connectivity index (χ2n) is 4.57. The van der Waals surface area contributed by atoms with Gasteiger partial charge in [-0.3, -0.25) is 9.36 Å². The Hall–Kier alpha value is -2.07. The number of furan rings is 1. The van der Waals surface area contributed by atoms with Crippen molar-refractivity contribution >= 4 is 22.5 Å². The van der Waals surface area contributed by atoms with Crippen LogP contribution in [0.4, 0.5) is 0 Å². The minimum absolute atomic E-state index is 0.102. The van der Waals surface area contributed by atoms with Gasteiger partial charge in [-0.15, -0.1) is 11.6 Å². The number of aromatic nitrogens is 2. The van der Waals surface area contributed by atoms with Crippen LogP contribution in [-0.4, -0.2) is 9.55 Å². The molecule has 20 heavy (non-hydrogen) atoms. The summed E-state index contributed by atoms with van der Waals surface area (Å²) < 4.78 is 6.88. The minimum atomic E-state index is -0.359. The van der Waals surface area contributed by atoms with E-state index >= 15 is 0 Å². The molecule has 0 N–H and O–H groups in total. The normalized spacial score (nSPS) is 12.7. The fourth-order valence-corrected chi connectivity index (χ4v) is 2.37. The van der Waals surface area contributed by atoms with Crippen LogP contribution in [0.2, 0.25) is 0 Å². The molecular formula is C15H13ClN2O2. The van der Waals surface area contributed by atoms with Crippen LogP contribution in [0.5, 0.6) is 0 Å². The van der Waals surface area contributed by atoms with E-state index in [1.807, 2.05) is 24.3 Å². The lowest BCUT2D eigenvalue weighted by Gasteiger charge is -2.13. The number of fused-ring (bicyclic) bond motifs is 1. The van der Waals surface area contributed by atoms with Crippen LogP contribution in [-0.2, 0) is 6.54 Å². The molecule has 0 radical (unpaired) electrons. The number of hydrogen-bond acceptors (Lipinski definition) is 3. The van der Waals surface area contributed by atoms with E-state index in [1.54, 1.807) is 29.9 Å². The third-order valence-electron chi connectivity index (χ3n) is 3.14. The van der Waals surface area contributed by atoms with Crippen molar-refractivity contribution in [2.24, 2.45) is 0 Å². The van der Waals surface area contributed by atoms with E-state index < -0.39 is 0 Å². The summed E-state index contributed by atoms with van der Waals surface area (Å²) in [4.78, 5) is 17.1. The van der Waals surface area contributed by atoms with Crippen molar-refractivity contribution in [3.05, 3.63) is 64.6 Å². The molecule has 2 aromatic heterocycles. The van der Waals surface area contributed by atoms with Gasteiger partial charge in [0.15, 0.2) is 0 Å². The Morgan fingerprint density at radius 2 is 2.10 bits per heavy atom. The largest absolute Gasteiger partial charge is 0.467 e. The zero-order valence-corrected chi connectivity index (χ0v) is 11.7. The van der Waals surface area contributed by atoms with Crippen LogP contribution in [0.15, 0.2) is 51.9 Å². The Bertz CT molecular complexity index is 791. The fourth-order valence-electron chi connectivity index (χ4n) is 2.20. The molecule has 0 aliphatic carbocycles. The van der Waals surface area contributed by atoms with Crippen molar-refractivity contribution < 1.29 is 4.42 Å². The summed E-state index contributed by atoms with van der Waals surface area (Å²) in [5.41, 5.74) is 0.560. The molecule has 2 heterocycles. The predicted molar refractivity (Wildman–Crippen MR) is 78.1 cm³/mol. The van der Waals surface area contributed by atoms with E-state index in [0.717, 1.165) is 0 Å². The lowest BCUT2D eigenvalue weighted by molar-refractivity contribution is 0.482. The molecule has 0 aliphatic heterocycles. The summed E-state index contributed by atoms with van der Waals surface area (Å²) in [5, 5.41) is 0.224. The summed E-state index contributed by atoms with van der Waals surface area (Å²) in [6.07, 6.45) is 1.58. The first-order valence-electron chi connectivity index (χ1n) is 6.33. The molecule has 0 spiro atoms. The molecule has 1 unspecified atom stereocenters. The highest BCUT2D eigenvalue weighted by atomic mass is 35.5. The van der Waals surface area contributed by atoms with Gasteiger partial charge in [0.25, 0.3) is 5.56 Å². The van der Waals surface area contributed by atoms with Crippen LogP contribution in [0.3, 0.4) is 0 Å². The number of benzene rings is 1. The molecular weight excluding hydrogens is 276 g/mol. The topological polar surface area (TPSA) is 48.0 Å². The summed E-state index contributed by atoms with van der Waals surface area (Å²) >= 11 is 6.17. The standard InChI is InChI=1S/C15H13ClN2O2/c1-10(16)14-17-13-7-3-2-6-12(13)15(19)18(14)9-11-5-4-8-20-11/h2-8,10H,9H2,1H3. The average molecular weight is 289 g/mol. The SMILES string of the molecule is CC(Cl)c1nc2ccccc2c(=O)n1Cc1ccco1. The molecule has 1 atom stereocenters. The van der Waals surface area contributed by atoms with Gasteiger partial charge in [-0.1, -0.05) is 12.1 Å². The molecule has 102 valence electrons. The lowest BCUT2D eigenvalue weighted by atomic mass is 10.2. The van der Waals surface area contributed by atoms with E-state index in [9.17, 15) is 4.79 Å². The number of alkyl halides is 1. The molecule has 0 fully saturated rings. The van der Waals surface area contributed by atoms with E-state index in [-0.39, 0.29) is 10.9 Å². The summed E-state index contributed by atoms with van der Waals surface area (Å²) in [7, 11) is 0. The average Bonchev–Trinajstić information content (AvgIpc) is 2.94. The molecule has 3 rings (SSSR count). The maximum Gasteiger partial charge on any atom is 0.261 e. The molecule has 1 aromatic carbocycles. The van der Waals surface area contributed by atoms with Gasteiger partial charge in [-0.2, -0.15) is 0 Å². The van der Waals surface area contributed by atoms with Crippen molar-refractivity contribution in [1.29, 1.82) is 0 Å². The van der Waals surface area contributed by atoms with Crippen molar-refractivity contribution in [2.75, 3.05) is 0 Å². The Labute approximate surface area is 120 Å². The molecule has 3 aromatic rings. The molecule has 0 saturated carbocycles. The minimum Gasteiger partial charge on any atom is -0.467 e. The monoisotopic (exact) mass is 288 g/mol. The quantitative estimate of drug-likeness (QED) is 0.695. The maximum atomic E-state index is 12.6. The van der Waals surface area contributed by atoms with E-state index in [1.165, 1.54) is 0 Å². The van der Waals surface area contributed by atoms with Crippen molar-refractivity contribution in [3.63, 3.8) is 0 Å². The number of halogens is 1. The van der Waals surface area contributed by atoms with Gasteiger partial charge >= 0.3 is 0 Å². The van der Waals surface area contributed by atoms with Gasteiger partial charge in [0.2, 0.25) is 0 Å². The zero-order valence-electron chi connectivity index (χ0n) is 10.9. The second kappa shape index (κ2) is 5.13. The molecule has 0 saturated heterocycles. The van der Waals surface area contributed by atoms with E-state index in [4.69, 9.17) is 16.0 Å². The molecule has 5 heteroatoms. The first-order chi connectivity index (χ1) is 9.66. The van der Waals surface area contributed by atoms with E-state index in [2.05, 4.69) is 4.98 Å². The first kappa shape index (κ1) is 12.9. The second-order valence-corrected chi connectivity index (χ2v) is 5.23. The smallest absolute Gasteiger partial charge is 0.261 e. The number of para-hydroxylation sites is 1. The lowest BCUT2D eigenvalue weighted by Crippen LogP contribution is -2.26. The van der Waals surface area contributed by atoms with Gasteiger partial charge in [-0.25, -0.2) is 4.98 Å². The van der Waals surface area contributed by atoms with Crippen LogP contribution in [0.1, 0.15) is 23.9 Å². The van der Waals surface area contributed by atoms with Crippen LogP contribution in [0.25, 0.3) is 10.9 Å². The Morgan fingerprint density at radius 3 is 2.80 bits per heavy atom. The van der Waals surface area contributed by atoms with Crippen LogP contribution in [0, 0.1) is 0 Å². The third kappa shape index (κ3) is 2.23. The zero-order chi connectivity index (χ0) is 14.1. The maximum absolute atomic E-state index is 12.6. The predicted octanol–water partition coefficient (Wildman–Crippen LogP) is 3.34. The molecule has 0 bridgehead atoms. The van der Waals surface area contributed by atoms with Crippen molar-refractivity contribution in [1.82, 2.24) is 9.55 Å². The number of nitrogens with zero attached hydrogens (tertiary/aromatic N) is 2. The number of hydrogen-bond donors (Lipinski definition) is 0. The van der Waals surface area contributed by atoms with Gasteiger partial charge in [-0.05, 0) is 31.2 Å². The van der Waals surface area contributed by atoms with Crippen LogP contribution < -0.4 is 5.56 Å². The van der Waals surface area contributed by atoms with E-state index in [0.29, 0.717) is 29.0 Å². The Balaban J connectivity index is 2.24. The van der Waals surface area contributed by atoms with Crippen LogP contribution >= 0.6 is 11.6 Å². The fraction of sp³-hybridized carbons (Fsp3) is 0.200. The third-order valence-corrected chi connectivity index (χ3v) is 3.34. The van der Waals surface area contributed by atoms with Gasteiger partial charge in [0, 0.05) is 0 Å². The summed E-state index contributed by atoms with van der Waals surface area (Å²) in [6.45, 7) is 2.13. The summed E-state index contributed by atoms with van der Waals surface area (Å²) in [6, 6.07) is 10.9. The Kier molecular flexibility index (Phi) is 3.32.